The number of hydrogen-bond acceptors (Lipinski definition) is 8. The Morgan fingerprint density at radius 2 is 1.55 bits per heavy atom. The molecule has 174 valence electrons. The molecule has 0 bridgehead atoms. The Labute approximate surface area is 197 Å². The maximum absolute atomic E-state index is 13.2. The van der Waals surface area contributed by atoms with Crippen LogP contribution in [0.5, 0.6) is 23.0 Å². The van der Waals surface area contributed by atoms with Gasteiger partial charge in [0.25, 0.3) is 5.91 Å². The lowest BCUT2D eigenvalue weighted by Gasteiger charge is -2.31. The summed E-state index contributed by atoms with van der Waals surface area (Å²) in [5, 5.41) is 10.7. The zero-order valence-corrected chi connectivity index (χ0v) is 20.0. The first-order valence-corrected chi connectivity index (χ1v) is 11.5. The topological polar surface area (TPSA) is 83.0 Å². The molecule has 1 fully saturated rings. The second-order valence-corrected chi connectivity index (χ2v) is 8.64. The van der Waals surface area contributed by atoms with Crippen molar-refractivity contribution < 1.29 is 23.7 Å². The first-order valence-electron chi connectivity index (χ1n) is 10.7. The van der Waals surface area contributed by atoms with Crippen molar-refractivity contribution in [2.75, 3.05) is 41.5 Å². The predicted octanol–water partition coefficient (Wildman–Crippen LogP) is 4.26. The van der Waals surface area contributed by atoms with Gasteiger partial charge in [-0.15, -0.1) is 10.2 Å². The molecule has 1 aliphatic rings. The standard InChI is InChI=1S/C24H27N3O5S/c1-29-18-8-6-5-7-17(18)23-26-25-22(33-23)15-9-11-27(12-10-15)24(28)16-13-19(30-2)21(32-4)20(14-16)31-3/h5-8,13-15H,9-12H2,1-4H3. The van der Waals surface area contributed by atoms with Crippen LogP contribution in [0.25, 0.3) is 10.6 Å². The van der Waals surface area contributed by atoms with Crippen LogP contribution in [0.1, 0.15) is 34.1 Å². The number of ether oxygens (including phenoxy) is 4. The highest BCUT2D eigenvalue weighted by atomic mass is 32.1. The summed E-state index contributed by atoms with van der Waals surface area (Å²) in [4.78, 5) is 15.0. The van der Waals surface area contributed by atoms with Crippen LogP contribution in [0.2, 0.25) is 0 Å². The fraction of sp³-hybridized carbons (Fsp3) is 0.375. The van der Waals surface area contributed by atoms with E-state index in [9.17, 15) is 4.79 Å². The van der Waals surface area contributed by atoms with Gasteiger partial charge in [0, 0.05) is 24.6 Å². The summed E-state index contributed by atoms with van der Waals surface area (Å²) < 4.78 is 21.6. The van der Waals surface area contributed by atoms with Crippen LogP contribution in [0.4, 0.5) is 0 Å². The lowest BCUT2D eigenvalue weighted by Crippen LogP contribution is -2.37. The number of hydrogen-bond donors (Lipinski definition) is 0. The van der Waals surface area contributed by atoms with Crippen molar-refractivity contribution in [1.29, 1.82) is 0 Å². The van der Waals surface area contributed by atoms with Gasteiger partial charge in [0.15, 0.2) is 16.5 Å². The number of aromatic nitrogens is 2. The van der Waals surface area contributed by atoms with Crippen LogP contribution in [-0.2, 0) is 0 Å². The quantitative estimate of drug-likeness (QED) is 0.511. The van der Waals surface area contributed by atoms with Gasteiger partial charge in [0.2, 0.25) is 5.75 Å². The average Bonchev–Trinajstić information content (AvgIpc) is 3.37. The van der Waals surface area contributed by atoms with Gasteiger partial charge in [-0.2, -0.15) is 0 Å². The highest BCUT2D eigenvalue weighted by molar-refractivity contribution is 7.14. The van der Waals surface area contributed by atoms with E-state index in [0.717, 1.165) is 34.2 Å². The summed E-state index contributed by atoms with van der Waals surface area (Å²) in [5.41, 5.74) is 1.45. The van der Waals surface area contributed by atoms with E-state index in [1.807, 2.05) is 29.2 Å². The van der Waals surface area contributed by atoms with Crippen LogP contribution in [0.3, 0.4) is 0 Å². The number of piperidine rings is 1. The molecular weight excluding hydrogens is 442 g/mol. The molecule has 9 heteroatoms. The monoisotopic (exact) mass is 469 g/mol. The number of nitrogens with zero attached hydrogens (tertiary/aromatic N) is 3. The fourth-order valence-electron chi connectivity index (χ4n) is 4.05. The number of likely N-dealkylation sites (tertiary alicyclic amines) is 1. The molecular formula is C24H27N3O5S. The van der Waals surface area contributed by atoms with Crippen molar-refractivity contribution in [2.45, 2.75) is 18.8 Å². The van der Waals surface area contributed by atoms with Gasteiger partial charge < -0.3 is 23.8 Å². The third-order valence-electron chi connectivity index (χ3n) is 5.82. The van der Waals surface area contributed by atoms with Gasteiger partial charge >= 0.3 is 0 Å². The normalized spacial score (nSPS) is 14.1. The molecule has 1 aromatic heterocycles. The number of amides is 1. The number of carbonyl (C=O) groups is 1. The number of benzene rings is 2. The molecule has 33 heavy (non-hydrogen) atoms. The molecule has 0 spiro atoms. The molecule has 4 rings (SSSR count). The summed E-state index contributed by atoms with van der Waals surface area (Å²) in [6, 6.07) is 11.2. The fourth-order valence-corrected chi connectivity index (χ4v) is 5.09. The Morgan fingerprint density at radius 1 is 0.909 bits per heavy atom. The minimum absolute atomic E-state index is 0.0559. The van der Waals surface area contributed by atoms with Crippen LogP contribution >= 0.6 is 11.3 Å². The van der Waals surface area contributed by atoms with Crippen molar-refractivity contribution in [3.63, 3.8) is 0 Å². The summed E-state index contributed by atoms with van der Waals surface area (Å²) >= 11 is 1.59. The molecule has 1 amide bonds. The minimum Gasteiger partial charge on any atom is -0.496 e. The summed E-state index contributed by atoms with van der Waals surface area (Å²) in [6.45, 7) is 1.29. The number of carbonyl (C=O) groups excluding carboxylic acids is 1. The van der Waals surface area contributed by atoms with Crippen LogP contribution in [-0.4, -0.2) is 62.5 Å². The van der Waals surface area contributed by atoms with Gasteiger partial charge in [-0.3, -0.25) is 4.79 Å². The van der Waals surface area contributed by atoms with E-state index >= 15 is 0 Å². The van der Waals surface area contributed by atoms with Crippen molar-refractivity contribution in [1.82, 2.24) is 15.1 Å². The van der Waals surface area contributed by atoms with Gasteiger partial charge in [0.1, 0.15) is 10.8 Å². The third-order valence-corrected chi connectivity index (χ3v) is 6.94. The summed E-state index contributed by atoms with van der Waals surface area (Å²) in [6.07, 6.45) is 1.66. The van der Waals surface area contributed by atoms with Gasteiger partial charge in [-0.05, 0) is 37.1 Å². The highest BCUT2D eigenvalue weighted by Crippen LogP contribution is 2.40. The molecule has 0 N–H and O–H groups in total. The molecule has 2 heterocycles. The van der Waals surface area contributed by atoms with Crippen molar-refractivity contribution >= 4 is 17.2 Å². The van der Waals surface area contributed by atoms with Gasteiger partial charge in [-0.25, -0.2) is 0 Å². The Balaban J connectivity index is 1.45. The van der Waals surface area contributed by atoms with Crippen molar-refractivity contribution in [3.05, 3.63) is 47.0 Å². The van der Waals surface area contributed by atoms with Crippen LogP contribution in [0, 0.1) is 0 Å². The first-order chi connectivity index (χ1) is 16.1. The molecule has 0 aliphatic carbocycles. The van der Waals surface area contributed by atoms with E-state index in [-0.39, 0.29) is 11.8 Å². The summed E-state index contributed by atoms with van der Waals surface area (Å²) in [7, 11) is 6.28. The highest BCUT2D eigenvalue weighted by Gasteiger charge is 2.28. The van der Waals surface area contributed by atoms with Gasteiger partial charge in [-0.1, -0.05) is 23.5 Å². The molecule has 0 atom stereocenters. The maximum Gasteiger partial charge on any atom is 0.254 e. The molecule has 0 saturated carbocycles. The van der Waals surface area contributed by atoms with E-state index in [1.165, 1.54) is 0 Å². The Bertz CT molecular complexity index is 1100. The van der Waals surface area contributed by atoms with E-state index in [2.05, 4.69) is 10.2 Å². The molecule has 1 aliphatic heterocycles. The smallest absolute Gasteiger partial charge is 0.254 e. The zero-order chi connectivity index (χ0) is 23.4. The zero-order valence-electron chi connectivity index (χ0n) is 19.2. The Morgan fingerprint density at radius 3 is 2.15 bits per heavy atom. The molecule has 0 unspecified atom stereocenters. The minimum atomic E-state index is -0.0559. The Kier molecular flexibility index (Phi) is 6.98. The molecule has 1 saturated heterocycles. The van der Waals surface area contributed by atoms with E-state index in [1.54, 1.807) is 51.9 Å². The van der Waals surface area contributed by atoms with Crippen molar-refractivity contribution in [2.24, 2.45) is 0 Å². The summed E-state index contributed by atoms with van der Waals surface area (Å²) in [5.74, 6) is 2.40. The SMILES string of the molecule is COc1ccccc1-c1nnc(C2CCN(C(=O)c3cc(OC)c(OC)c(OC)c3)CC2)s1. The Hall–Kier alpha value is -3.33. The maximum atomic E-state index is 13.2. The van der Waals surface area contributed by atoms with E-state index in [4.69, 9.17) is 18.9 Å². The average molecular weight is 470 g/mol. The van der Waals surface area contributed by atoms with Crippen LogP contribution < -0.4 is 18.9 Å². The molecule has 2 aromatic carbocycles. The second-order valence-electron chi connectivity index (χ2n) is 7.63. The lowest BCUT2D eigenvalue weighted by atomic mass is 9.97. The van der Waals surface area contributed by atoms with Crippen molar-refractivity contribution in [3.8, 4) is 33.6 Å². The number of para-hydroxylation sites is 1. The first kappa shape index (κ1) is 22.8. The largest absolute Gasteiger partial charge is 0.496 e. The number of methoxy groups -OCH3 is 4. The predicted molar refractivity (Wildman–Crippen MR) is 126 cm³/mol. The molecule has 0 radical (unpaired) electrons. The van der Waals surface area contributed by atoms with Gasteiger partial charge in [0.05, 0.1) is 34.0 Å². The third kappa shape index (κ3) is 4.59. The number of rotatable bonds is 7. The van der Waals surface area contributed by atoms with E-state index < -0.39 is 0 Å². The molecule has 8 nitrogen and oxygen atoms in total. The second kappa shape index (κ2) is 10.1. The lowest BCUT2D eigenvalue weighted by molar-refractivity contribution is 0.0712. The molecule has 3 aromatic rings. The van der Waals surface area contributed by atoms with E-state index in [0.29, 0.717) is 35.9 Å². The van der Waals surface area contributed by atoms with Crippen LogP contribution in [0.15, 0.2) is 36.4 Å².